The van der Waals surface area contributed by atoms with E-state index in [1.807, 2.05) is 12.4 Å². The van der Waals surface area contributed by atoms with Gasteiger partial charge in [0.2, 0.25) is 5.91 Å². The maximum atomic E-state index is 12.2. The maximum absolute atomic E-state index is 12.2. The summed E-state index contributed by atoms with van der Waals surface area (Å²) in [7, 11) is 1.90. The fourth-order valence-corrected chi connectivity index (χ4v) is 3.12. The van der Waals surface area contributed by atoms with Gasteiger partial charge in [-0.3, -0.25) is 4.79 Å². The molecule has 0 saturated heterocycles. The molecule has 0 aliphatic heterocycles. The van der Waals surface area contributed by atoms with Crippen LogP contribution in [-0.4, -0.2) is 17.9 Å². The molecule has 1 fully saturated rings. The number of thiazole rings is 1. The predicted molar refractivity (Wildman–Crippen MR) is 74.8 cm³/mol. The zero-order valence-corrected chi connectivity index (χ0v) is 12.1. The number of hydrogen-bond donors (Lipinski definition) is 2. The molecule has 1 unspecified atom stereocenters. The van der Waals surface area contributed by atoms with Crippen LogP contribution in [0.3, 0.4) is 0 Å². The number of anilines is 1. The molecular formula is C13H21N3OS. The Labute approximate surface area is 112 Å². The Bertz CT molecular complexity index is 424. The van der Waals surface area contributed by atoms with Crippen LogP contribution in [0.2, 0.25) is 0 Å². The van der Waals surface area contributed by atoms with Gasteiger partial charge in [-0.05, 0) is 26.8 Å². The lowest BCUT2D eigenvalue weighted by Crippen LogP contribution is -2.30. The number of nitrogens with one attached hydrogen (secondary N) is 2. The molecule has 2 rings (SSSR count). The summed E-state index contributed by atoms with van der Waals surface area (Å²) in [4.78, 5) is 16.7. The summed E-state index contributed by atoms with van der Waals surface area (Å²) in [6.45, 7) is 4.11. The third kappa shape index (κ3) is 2.72. The van der Waals surface area contributed by atoms with Gasteiger partial charge in [-0.25, -0.2) is 4.98 Å². The van der Waals surface area contributed by atoms with Gasteiger partial charge in [0, 0.05) is 16.8 Å². The van der Waals surface area contributed by atoms with Gasteiger partial charge in [0.15, 0.2) is 5.13 Å². The zero-order valence-electron chi connectivity index (χ0n) is 11.2. The number of nitrogens with zero attached hydrogens (tertiary/aromatic N) is 1. The van der Waals surface area contributed by atoms with E-state index in [1.165, 1.54) is 11.3 Å². The summed E-state index contributed by atoms with van der Waals surface area (Å²) in [6.07, 6.45) is 4.29. The SMILES string of the molecule is CNC(C)c1csc(NC(=O)C2(C)CCCC2)n1. The fraction of sp³-hybridized carbons (Fsp3) is 0.692. The molecule has 0 spiro atoms. The Kier molecular flexibility index (Phi) is 4.02. The monoisotopic (exact) mass is 267 g/mol. The molecule has 2 N–H and O–H groups in total. The van der Waals surface area contributed by atoms with Gasteiger partial charge in [-0.1, -0.05) is 19.8 Å². The highest BCUT2D eigenvalue weighted by Crippen LogP contribution is 2.38. The van der Waals surface area contributed by atoms with Crippen molar-refractivity contribution in [1.82, 2.24) is 10.3 Å². The van der Waals surface area contributed by atoms with E-state index in [0.29, 0.717) is 5.13 Å². The third-order valence-electron chi connectivity index (χ3n) is 3.87. The summed E-state index contributed by atoms with van der Waals surface area (Å²) in [5, 5.41) is 8.81. The molecule has 1 atom stereocenters. The summed E-state index contributed by atoms with van der Waals surface area (Å²) in [5.41, 5.74) is 0.787. The first-order valence-corrected chi connectivity index (χ1v) is 7.37. The Hall–Kier alpha value is -0.940. The quantitative estimate of drug-likeness (QED) is 0.882. The van der Waals surface area contributed by atoms with Crippen molar-refractivity contribution < 1.29 is 4.79 Å². The second kappa shape index (κ2) is 5.36. The molecule has 1 aliphatic rings. The normalized spacial score (nSPS) is 19.7. The maximum Gasteiger partial charge on any atom is 0.232 e. The fourth-order valence-electron chi connectivity index (χ4n) is 2.32. The molecule has 1 amide bonds. The van der Waals surface area contributed by atoms with Crippen LogP contribution in [0, 0.1) is 5.41 Å². The highest BCUT2D eigenvalue weighted by Gasteiger charge is 2.36. The average molecular weight is 267 g/mol. The standard InChI is InChI=1S/C13H21N3OS/c1-9(14-3)10-8-18-12(15-10)16-11(17)13(2)6-4-5-7-13/h8-9,14H,4-7H2,1-3H3,(H,15,16,17). The van der Waals surface area contributed by atoms with Gasteiger partial charge < -0.3 is 10.6 Å². The van der Waals surface area contributed by atoms with Crippen LogP contribution in [0.25, 0.3) is 0 Å². The first kappa shape index (κ1) is 13.5. The minimum Gasteiger partial charge on any atom is -0.312 e. The summed E-state index contributed by atoms with van der Waals surface area (Å²) < 4.78 is 0. The Morgan fingerprint density at radius 1 is 1.50 bits per heavy atom. The Morgan fingerprint density at radius 3 is 2.78 bits per heavy atom. The topological polar surface area (TPSA) is 54.0 Å². The number of carbonyl (C=O) groups is 1. The second-order valence-corrected chi connectivity index (χ2v) is 6.17. The molecule has 0 bridgehead atoms. The molecule has 1 aliphatic carbocycles. The Balaban J connectivity index is 2.01. The molecule has 1 aromatic heterocycles. The molecule has 1 aromatic rings. The highest BCUT2D eigenvalue weighted by atomic mass is 32.1. The smallest absolute Gasteiger partial charge is 0.232 e. The molecular weight excluding hydrogens is 246 g/mol. The summed E-state index contributed by atoms with van der Waals surface area (Å²) in [5.74, 6) is 0.123. The highest BCUT2D eigenvalue weighted by molar-refractivity contribution is 7.13. The van der Waals surface area contributed by atoms with Crippen molar-refractivity contribution in [2.45, 2.75) is 45.6 Å². The third-order valence-corrected chi connectivity index (χ3v) is 4.65. The first-order valence-electron chi connectivity index (χ1n) is 6.49. The van der Waals surface area contributed by atoms with Gasteiger partial charge in [0.05, 0.1) is 5.69 Å². The van der Waals surface area contributed by atoms with E-state index < -0.39 is 0 Å². The van der Waals surface area contributed by atoms with Crippen molar-refractivity contribution in [2.75, 3.05) is 12.4 Å². The van der Waals surface area contributed by atoms with E-state index >= 15 is 0 Å². The average Bonchev–Trinajstić information content (AvgIpc) is 2.98. The molecule has 0 radical (unpaired) electrons. The molecule has 100 valence electrons. The lowest BCUT2D eigenvalue weighted by atomic mass is 9.88. The van der Waals surface area contributed by atoms with E-state index in [1.54, 1.807) is 0 Å². The van der Waals surface area contributed by atoms with E-state index in [9.17, 15) is 4.79 Å². The molecule has 1 heterocycles. The molecule has 4 nitrogen and oxygen atoms in total. The molecule has 0 aromatic carbocycles. The van der Waals surface area contributed by atoms with Crippen molar-refractivity contribution in [3.8, 4) is 0 Å². The van der Waals surface area contributed by atoms with Crippen molar-refractivity contribution >= 4 is 22.4 Å². The first-order chi connectivity index (χ1) is 8.55. The van der Waals surface area contributed by atoms with Crippen molar-refractivity contribution in [3.05, 3.63) is 11.1 Å². The van der Waals surface area contributed by atoms with Gasteiger partial charge in [-0.15, -0.1) is 11.3 Å². The molecule has 18 heavy (non-hydrogen) atoms. The van der Waals surface area contributed by atoms with Crippen LogP contribution >= 0.6 is 11.3 Å². The van der Waals surface area contributed by atoms with Gasteiger partial charge >= 0.3 is 0 Å². The molecule has 5 heteroatoms. The van der Waals surface area contributed by atoms with E-state index in [0.717, 1.165) is 31.4 Å². The van der Waals surface area contributed by atoms with Crippen LogP contribution in [0.1, 0.15) is 51.3 Å². The van der Waals surface area contributed by atoms with E-state index in [4.69, 9.17) is 0 Å². The summed E-state index contributed by atoms with van der Waals surface area (Å²) in [6, 6.07) is 0.217. The zero-order chi connectivity index (χ0) is 13.2. The minimum atomic E-state index is -0.194. The number of rotatable bonds is 4. The summed E-state index contributed by atoms with van der Waals surface area (Å²) >= 11 is 1.50. The molecule has 1 saturated carbocycles. The van der Waals surface area contributed by atoms with Crippen molar-refractivity contribution in [1.29, 1.82) is 0 Å². The van der Waals surface area contributed by atoms with E-state index in [-0.39, 0.29) is 17.4 Å². The Morgan fingerprint density at radius 2 is 2.17 bits per heavy atom. The van der Waals surface area contributed by atoms with Crippen molar-refractivity contribution in [3.63, 3.8) is 0 Å². The predicted octanol–water partition coefficient (Wildman–Crippen LogP) is 2.94. The van der Waals surface area contributed by atoms with Crippen LogP contribution < -0.4 is 10.6 Å². The van der Waals surface area contributed by atoms with Crippen LogP contribution in [0.5, 0.6) is 0 Å². The lowest BCUT2D eigenvalue weighted by Gasteiger charge is -2.21. The number of aromatic nitrogens is 1. The van der Waals surface area contributed by atoms with Gasteiger partial charge in [0.1, 0.15) is 0 Å². The van der Waals surface area contributed by atoms with Crippen LogP contribution in [0.4, 0.5) is 5.13 Å². The largest absolute Gasteiger partial charge is 0.312 e. The number of carbonyl (C=O) groups excluding carboxylic acids is 1. The van der Waals surface area contributed by atoms with Gasteiger partial charge in [-0.2, -0.15) is 0 Å². The minimum absolute atomic E-state index is 0.123. The second-order valence-electron chi connectivity index (χ2n) is 5.31. The van der Waals surface area contributed by atoms with Crippen molar-refractivity contribution in [2.24, 2.45) is 5.41 Å². The van der Waals surface area contributed by atoms with Crippen LogP contribution in [-0.2, 0) is 4.79 Å². The lowest BCUT2D eigenvalue weighted by molar-refractivity contribution is -0.124. The number of hydrogen-bond acceptors (Lipinski definition) is 4. The van der Waals surface area contributed by atoms with E-state index in [2.05, 4.69) is 29.5 Å². The van der Waals surface area contributed by atoms with Crippen LogP contribution in [0.15, 0.2) is 5.38 Å². The van der Waals surface area contributed by atoms with Gasteiger partial charge in [0.25, 0.3) is 0 Å². The number of amides is 1.